The first-order chi connectivity index (χ1) is 15.9. The van der Waals surface area contributed by atoms with Crippen molar-refractivity contribution >= 4 is 23.3 Å². The zero-order valence-corrected chi connectivity index (χ0v) is 19.8. The molecule has 2 fully saturated rings. The Labute approximate surface area is 196 Å². The maximum absolute atomic E-state index is 13.1. The Morgan fingerprint density at radius 2 is 1.33 bits per heavy atom. The number of aromatic nitrogens is 1. The van der Waals surface area contributed by atoms with Crippen molar-refractivity contribution < 1.29 is 9.59 Å². The van der Waals surface area contributed by atoms with Crippen molar-refractivity contribution in [2.45, 2.75) is 19.9 Å². The highest BCUT2D eigenvalue weighted by molar-refractivity contribution is 5.98. The van der Waals surface area contributed by atoms with Crippen LogP contribution in [-0.2, 0) is 0 Å². The molecule has 0 unspecified atom stereocenters. The van der Waals surface area contributed by atoms with Crippen LogP contribution in [0.2, 0.25) is 0 Å². The van der Waals surface area contributed by atoms with Crippen LogP contribution in [-0.4, -0.2) is 96.9 Å². The van der Waals surface area contributed by atoms with Crippen molar-refractivity contribution in [3.63, 3.8) is 0 Å². The second-order valence-corrected chi connectivity index (χ2v) is 9.13. The van der Waals surface area contributed by atoms with Gasteiger partial charge in [-0.05, 0) is 57.3 Å². The first-order valence-corrected chi connectivity index (χ1v) is 11.8. The average molecular weight is 451 g/mol. The SMILES string of the molecule is CC(C)Nc1cccnc1N1CCN(C(=O)c2ccc(C(=O)N3CCN(C)CC3)cc2)CC1. The number of hydrogen-bond acceptors (Lipinski definition) is 6. The first-order valence-electron chi connectivity index (χ1n) is 11.8. The van der Waals surface area contributed by atoms with Gasteiger partial charge in [0.15, 0.2) is 5.82 Å². The van der Waals surface area contributed by atoms with Gasteiger partial charge in [0, 0.05) is 75.7 Å². The lowest BCUT2D eigenvalue weighted by atomic mass is 10.1. The molecule has 4 rings (SSSR count). The summed E-state index contributed by atoms with van der Waals surface area (Å²) >= 11 is 0. The van der Waals surface area contributed by atoms with E-state index in [0.717, 1.165) is 50.8 Å². The molecule has 3 heterocycles. The third-order valence-corrected chi connectivity index (χ3v) is 6.27. The third kappa shape index (κ3) is 5.45. The number of nitrogens with zero attached hydrogens (tertiary/aromatic N) is 5. The summed E-state index contributed by atoms with van der Waals surface area (Å²) in [5, 5.41) is 3.45. The normalized spacial score (nSPS) is 17.4. The summed E-state index contributed by atoms with van der Waals surface area (Å²) < 4.78 is 0. The minimum atomic E-state index is 0.00907. The molecule has 2 amide bonds. The van der Waals surface area contributed by atoms with Gasteiger partial charge in [-0.3, -0.25) is 9.59 Å². The Hall–Kier alpha value is -3.13. The van der Waals surface area contributed by atoms with E-state index in [9.17, 15) is 9.59 Å². The molecule has 0 radical (unpaired) electrons. The molecule has 2 saturated heterocycles. The lowest BCUT2D eigenvalue weighted by molar-refractivity contribution is 0.0662. The average Bonchev–Trinajstić information content (AvgIpc) is 2.84. The van der Waals surface area contributed by atoms with Gasteiger partial charge in [0.2, 0.25) is 0 Å². The summed E-state index contributed by atoms with van der Waals surface area (Å²) in [5.41, 5.74) is 2.28. The van der Waals surface area contributed by atoms with Gasteiger partial charge >= 0.3 is 0 Å². The van der Waals surface area contributed by atoms with E-state index in [0.29, 0.717) is 30.3 Å². The van der Waals surface area contributed by atoms with Crippen LogP contribution in [0.5, 0.6) is 0 Å². The number of piperazine rings is 2. The molecule has 0 atom stereocenters. The maximum Gasteiger partial charge on any atom is 0.253 e. The van der Waals surface area contributed by atoms with Crippen molar-refractivity contribution in [3.05, 3.63) is 53.7 Å². The van der Waals surface area contributed by atoms with Crippen LogP contribution in [0.1, 0.15) is 34.6 Å². The molecular weight excluding hydrogens is 416 g/mol. The smallest absolute Gasteiger partial charge is 0.253 e. The number of amides is 2. The predicted molar refractivity (Wildman–Crippen MR) is 131 cm³/mol. The number of carbonyl (C=O) groups excluding carboxylic acids is 2. The summed E-state index contributed by atoms with van der Waals surface area (Å²) in [4.78, 5) is 38.6. The van der Waals surface area contributed by atoms with E-state index >= 15 is 0 Å². The number of rotatable bonds is 5. The quantitative estimate of drug-likeness (QED) is 0.754. The first kappa shape index (κ1) is 23.0. The highest BCUT2D eigenvalue weighted by Crippen LogP contribution is 2.25. The van der Waals surface area contributed by atoms with Gasteiger partial charge in [-0.1, -0.05) is 0 Å². The zero-order valence-electron chi connectivity index (χ0n) is 19.8. The van der Waals surface area contributed by atoms with E-state index in [1.165, 1.54) is 0 Å². The standard InChI is InChI=1S/C25H34N6O2/c1-19(2)27-22-5-4-10-26-23(22)29-15-17-31(18-16-29)25(33)21-8-6-20(7-9-21)24(32)30-13-11-28(3)12-14-30/h4-10,19,27H,11-18H2,1-3H3. The minimum absolute atomic E-state index is 0.00907. The van der Waals surface area contributed by atoms with Crippen molar-refractivity contribution in [3.8, 4) is 0 Å². The number of carbonyl (C=O) groups is 2. The number of pyridine rings is 1. The number of benzene rings is 1. The fourth-order valence-corrected chi connectivity index (χ4v) is 4.32. The number of nitrogens with one attached hydrogen (secondary N) is 1. The van der Waals surface area contributed by atoms with E-state index in [2.05, 4.69) is 41.0 Å². The fraction of sp³-hybridized carbons (Fsp3) is 0.480. The van der Waals surface area contributed by atoms with E-state index < -0.39 is 0 Å². The summed E-state index contributed by atoms with van der Waals surface area (Å²) in [6.07, 6.45) is 1.81. The molecule has 0 spiro atoms. The van der Waals surface area contributed by atoms with Crippen molar-refractivity contribution in [2.75, 3.05) is 69.6 Å². The van der Waals surface area contributed by atoms with Gasteiger partial charge in [0.1, 0.15) is 0 Å². The van der Waals surface area contributed by atoms with Gasteiger partial charge in [0.25, 0.3) is 11.8 Å². The number of hydrogen-bond donors (Lipinski definition) is 1. The maximum atomic E-state index is 13.1. The van der Waals surface area contributed by atoms with Gasteiger partial charge < -0.3 is 24.9 Å². The van der Waals surface area contributed by atoms with Crippen LogP contribution in [0.15, 0.2) is 42.6 Å². The van der Waals surface area contributed by atoms with Gasteiger partial charge in [0.05, 0.1) is 5.69 Å². The van der Waals surface area contributed by atoms with Crippen LogP contribution >= 0.6 is 0 Å². The highest BCUT2D eigenvalue weighted by atomic mass is 16.2. The molecule has 33 heavy (non-hydrogen) atoms. The Balaban J connectivity index is 1.35. The molecule has 8 heteroatoms. The number of anilines is 2. The van der Waals surface area contributed by atoms with Gasteiger partial charge in [-0.2, -0.15) is 0 Å². The third-order valence-electron chi connectivity index (χ3n) is 6.27. The molecule has 1 aromatic carbocycles. The van der Waals surface area contributed by atoms with Gasteiger partial charge in [-0.15, -0.1) is 0 Å². The fourth-order valence-electron chi connectivity index (χ4n) is 4.32. The minimum Gasteiger partial charge on any atom is -0.380 e. The Kier molecular flexibility index (Phi) is 7.13. The van der Waals surface area contributed by atoms with Crippen molar-refractivity contribution in [1.82, 2.24) is 19.7 Å². The van der Waals surface area contributed by atoms with Crippen LogP contribution in [0.4, 0.5) is 11.5 Å². The summed E-state index contributed by atoms with van der Waals surface area (Å²) in [7, 11) is 2.07. The van der Waals surface area contributed by atoms with Crippen LogP contribution in [0, 0.1) is 0 Å². The van der Waals surface area contributed by atoms with E-state index in [1.807, 2.05) is 28.1 Å². The summed E-state index contributed by atoms with van der Waals surface area (Å²) in [5.74, 6) is 0.983. The zero-order chi connectivity index (χ0) is 23.4. The second kappa shape index (κ2) is 10.2. The highest BCUT2D eigenvalue weighted by Gasteiger charge is 2.25. The van der Waals surface area contributed by atoms with Crippen LogP contribution in [0.3, 0.4) is 0 Å². The Morgan fingerprint density at radius 1 is 0.818 bits per heavy atom. The molecule has 1 N–H and O–H groups in total. The molecule has 2 aromatic rings. The molecule has 0 aliphatic carbocycles. The van der Waals surface area contributed by atoms with Crippen molar-refractivity contribution in [2.24, 2.45) is 0 Å². The molecular formula is C25H34N6O2. The molecule has 0 saturated carbocycles. The van der Waals surface area contributed by atoms with Gasteiger partial charge in [-0.25, -0.2) is 4.98 Å². The predicted octanol–water partition coefficient (Wildman–Crippen LogP) is 2.25. The molecule has 0 bridgehead atoms. The lowest BCUT2D eigenvalue weighted by Crippen LogP contribution is -2.49. The topological polar surface area (TPSA) is 72.0 Å². The molecule has 2 aliphatic rings. The Morgan fingerprint density at radius 3 is 1.85 bits per heavy atom. The second-order valence-electron chi connectivity index (χ2n) is 9.13. The molecule has 1 aromatic heterocycles. The largest absolute Gasteiger partial charge is 0.380 e. The molecule has 2 aliphatic heterocycles. The van der Waals surface area contributed by atoms with Crippen molar-refractivity contribution in [1.29, 1.82) is 0 Å². The van der Waals surface area contributed by atoms with Crippen LogP contribution < -0.4 is 10.2 Å². The van der Waals surface area contributed by atoms with Crippen LogP contribution in [0.25, 0.3) is 0 Å². The summed E-state index contributed by atoms with van der Waals surface area (Å²) in [6, 6.07) is 11.4. The number of likely N-dealkylation sites (N-methyl/N-ethyl adjacent to an activating group) is 1. The molecule has 176 valence electrons. The lowest BCUT2D eigenvalue weighted by Gasteiger charge is -2.36. The van der Waals surface area contributed by atoms with E-state index in [4.69, 9.17) is 0 Å². The van der Waals surface area contributed by atoms with E-state index in [-0.39, 0.29) is 11.8 Å². The monoisotopic (exact) mass is 450 g/mol. The Bertz CT molecular complexity index is 961. The summed E-state index contributed by atoms with van der Waals surface area (Å²) in [6.45, 7) is 10.2. The van der Waals surface area contributed by atoms with E-state index in [1.54, 1.807) is 24.3 Å². The molecule has 8 nitrogen and oxygen atoms in total.